The molecule has 6 heteroatoms. The molecular weight excluding hydrogens is 324 g/mol. The highest BCUT2D eigenvalue weighted by Gasteiger charge is 2.19. The first-order chi connectivity index (χ1) is 11.3. The summed E-state index contributed by atoms with van der Waals surface area (Å²) in [7, 11) is -1.99. The molecule has 128 valence electrons. The molecule has 2 aromatic carbocycles. The first kappa shape index (κ1) is 18.2. The Morgan fingerprint density at radius 2 is 1.79 bits per heavy atom. The van der Waals surface area contributed by atoms with Crippen LogP contribution in [0.4, 0.5) is 0 Å². The van der Waals surface area contributed by atoms with Crippen LogP contribution in [-0.2, 0) is 16.6 Å². The van der Waals surface area contributed by atoms with E-state index in [0.29, 0.717) is 12.1 Å². The molecule has 0 atom stereocenters. The molecule has 0 spiro atoms. The fourth-order valence-electron chi connectivity index (χ4n) is 2.21. The first-order valence-corrected chi connectivity index (χ1v) is 9.23. The molecule has 0 fully saturated rings. The summed E-state index contributed by atoms with van der Waals surface area (Å²) in [4.78, 5) is 14.0. The second kappa shape index (κ2) is 7.59. The van der Waals surface area contributed by atoms with Crippen LogP contribution in [0.5, 0.6) is 0 Å². The maximum absolute atomic E-state index is 12.5. The Morgan fingerprint density at radius 3 is 2.42 bits per heavy atom. The van der Waals surface area contributed by atoms with Crippen molar-refractivity contribution < 1.29 is 13.2 Å². The highest BCUT2D eigenvalue weighted by molar-refractivity contribution is 7.89. The van der Waals surface area contributed by atoms with Crippen molar-refractivity contribution in [3.8, 4) is 0 Å². The number of nitrogens with zero attached hydrogens (tertiary/aromatic N) is 1. The summed E-state index contributed by atoms with van der Waals surface area (Å²) in [6.45, 7) is 4.43. The third-order valence-corrected chi connectivity index (χ3v) is 5.28. The number of carbonyl (C=O) groups excluding carboxylic acids is 1. The van der Waals surface area contributed by atoms with Gasteiger partial charge in [0.25, 0.3) is 5.91 Å². The number of nitrogens with one attached hydrogen (secondary N) is 1. The number of hydrogen-bond acceptors (Lipinski definition) is 3. The fraction of sp³-hybridized carbons (Fsp3) is 0.278. The van der Waals surface area contributed by atoms with Crippen molar-refractivity contribution in [1.29, 1.82) is 0 Å². The zero-order valence-electron chi connectivity index (χ0n) is 14.1. The van der Waals surface area contributed by atoms with Crippen LogP contribution in [0, 0.1) is 6.92 Å². The lowest BCUT2D eigenvalue weighted by Crippen LogP contribution is -2.28. The fourth-order valence-corrected chi connectivity index (χ4v) is 3.25. The van der Waals surface area contributed by atoms with Crippen molar-refractivity contribution in [3.05, 3.63) is 65.2 Å². The standard InChI is InChI=1S/C18H22N2O3S/c1-4-20(3)18(21)17-12-16(11-10-14(17)2)24(22,23)19-13-15-8-6-5-7-9-15/h5-12,19H,4,13H2,1-3H3. The Labute approximate surface area is 143 Å². The Bertz CT molecular complexity index is 817. The molecule has 5 nitrogen and oxygen atoms in total. The van der Waals surface area contributed by atoms with Gasteiger partial charge in [-0.25, -0.2) is 13.1 Å². The minimum absolute atomic E-state index is 0.0943. The van der Waals surface area contributed by atoms with Crippen LogP contribution < -0.4 is 4.72 Å². The van der Waals surface area contributed by atoms with Gasteiger partial charge in [-0.15, -0.1) is 0 Å². The van der Waals surface area contributed by atoms with Gasteiger partial charge in [0.15, 0.2) is 0 Å². The third kappa shape index (κ3) is 4.21. The van der Waals surface area contributed by atoms with Crippen molar-refractivity contribution in [1.82, 2.24) is 9.62 Å². The predicted molar refractivity (Wildman–Crippen MR) is 94.3 cm³/mol. The van der Waals surface area contributed by atoms with E-state index in [1.165, 1.54) is 12.1 Å². The van der Waals surface area contributed by atoms with Gasteiger partial charge in [0.1, 0.15) is 0 Å². The van der Waals surface area contributed by atoms with Gasteiger partial charge in [-0.1, -0.05) is 36.4 Å². The summed E-state index contributed by atoms with van der Waals surface area (Å²) < 4.78 is 27.6. The van der Waals surface area contributed by atoms with Crippen molar-refractivity contribution >= 4 is 15.9 Å². The average molecular weight is 346 g/mol. The summed E-state index contributed by atoms with van der Waals surface area (Å²) >= 11 is 0. The van der Waals surface area contributed by atoms with Crippen LogP contribution >= 0.6 is 0 Å². The largest absolute Gasteiger partial charge is 0.342 e. The lowest BCUT2D eigenvalue weighted by molar-refractivity contribution is 0.0801. The minimum Gasteiger partial charge on any atom is -0.342 e. The van der Waals surface area contributed by atoms with Crippen molar-refractivity contribution in [2.45, 2.75) is 25.3 Å². The van der Waals surface area contributed by atoms with Gasteiger partial charge >= 0.3 is 0 Å². The van der Waals surface area contributed by atoms with Crippen LogP contribution in [0.15, 0.2) is 53.4 Å². The number of rotatable bonds is 6. The van der Waals surface area contributed by atoms with E-state index in [-0.39, 0.29) is 17.3 Å². The molecular formula is C18H22N2O3S. The molecule has 0 saturated heterocycles. The Hall–Kier alpha value is -2.18. The van der Waals surface area contributed by atoms with Crippen LogP contribution in [0.2, 0.25) is 0 Å². The summed E-state index contributed by atoms with van der Waals surface area (Å²) in [6, 6.07) is 13.9. The van der Waals surface area contributed by atoms with E-state index in [1.807, 2.05) is 37.3 Å². The van der Waals surface area contributed by atoms with E-state index in [2.05, 4.69) is 4.72 Å². The van der Waals surface area contributed by atoms with Crippen molar-refractivity contribution in [3.63, 3.8) is 0 Å². The molecule has 2 aromatic rings. The number of aryl methyl sites for hydroxylation is 1. The molecule has 0 bridgehead atoms. The zero-order chi connectivity index (χ0) is 17.7. The monoisotopic (exact) mass is 346 g/mol. The summed E-state index contributed by atoms with van der Waals surface area (Å²) in [5.41, 5.74) is 2.03. The van der Waals surface area contributed by atoms with Gasteiger partial charge in [0.2, 0.25) is 10.0 Å². The predicted octanol–water partition coefficient (Wildman–Crippen LogP) is 2.57. The Kier molecular flexibility index (Phi) is 5.75. The summed E-state index contributed by atoms with van der Waals surface area (Å²) in [5, 5.41) is 0. The maximum Gasteiger partial charge on any atom is 0.253 e. The molecule has 0 aliphatic rings. The van der Waals surface area contributed by atoms with Crippen molar-refractivity contribution in [2.24, 2.45) is 0 Å². The van der Waals surface area contributed by atoms with Crippen molar-refractivity contribution in [2.75, 3.05) is 13.6 Å². The molecule has 24 heavy (non-hydrogen) atoms. The number of amides is 1. The van der Waals surface area contributed by atoms with E-state index in [1.54, 1.807) is 24.9 Å². The lowest BCUT2D eigenvalue weighted by atomic mass is 10.1. The first-order valence-electron chi connectivity index (χ1n) is 7.75. The zero-order valence-corrected chi connectivity index (χ0v) is 14.9. The SMILES string of the molecule is CCN(C)C(=O)c1cc(S(=O)(=O)NCc2ccccc2)ccc1C. The van der Waals surface area contributed by atoms with Crippen LogP contribution in [0.1, 0.15) is 28.4 Å². The molecule has 0 aliphatic carbocycles. The number of sulfonamides is 1. The molecule has 2 rings (SSSR count). The van der Waals surface area contributed by atoms with Gasteiger partial charge in [-0.05, 0) is 37.1 Å². The normalized spacial score (nSPS) is 11.3. The highest BCUT2D eigenvalue weighted by atomic mass is 32.2. The van der Waals surface area contributed by atoms with E-state index in [0.717, 1.165) is 11.1 Å². The quantitative estimate of drug-likeness (QED) is 0.874. The molecule has 0 radical (unpaired) electrons. The molecule has 0 unspecified atom stereocenters. The topological polar surface area (TPSA) is 66.5 Å². The van der Waals surface area contributed by atoms with E-state index in [9.17, 15) is 13.2 Å². The number of hydrogen-bond donors (Lipinski definition) is 1. The smallest absolute Gasteiger partial charge is 0.253 e. The molecule has 0 aromatic heterocycles. The Balaban J connectivity index is 2.26. The van der Waals surface area contributed by atoms with E-state index >= 15 is 0 Å². The van der Waals surface area contributed by atoms with E-state index < -0.39 is 10.0 Å². The molecule has 0 heterocycles. The van der Waals surface area contributed by atoms with Gasteiger partial charge in [-0.3, -0.25) is 4.79 Å². The second-order valence-corrected chi connectivity index (χ2v) is 7.37. The highest BCUT2D eigenvalue weighted by Crippen LogP contribution is 2.17. The summed E-state index contributed by atoms with van der Waals surface area (Å²) in [5.74, 6) is -0.185. The van der Waals surface area contributed by atoms with Gasteiger partial charge < -0.3 is 4.90 Å². The average Bonchev–Trinajstić information content (AvgIpc) is 2.60. The van der Waals surface area contributed by atoms with Gasteiger partial charge in [-0.2, -0.15) is 0 Å². The number of carbonyl (C=O) groups is 1. The van der Waals surface area contributed by atoms with Crippen LogP contribution in [0.25, 0.3) is 0 Å². The molecule has 0 aliphatic heterocycles. The minimum atomic E-state index is -3.68. The van der Waals surface area contributed by atoms with Gasteiger partial charge in [0.05, 0.1) is 4.90 Å². The van der Waals surface area contributed by atoms with Crippen LogP contribution in [-0.4, -0.2) is 32.8 Å². The molecule has 1 N–H and O–H groups in total. The summed E-state index contributed by atoms with van der Waals surface area (Å²) in [6.07, 6.45) is 0. The Morgan fingerprint density at radius 1 is 1.12 bits per heavy atom. The maximum atomic E-state index is 12.5. The molecule has 1 amide bonds. The molecule has 0 saturated carbocycles. The van der Waals surface area contributed by atoms with E-state index in [4.69, 9.17) is 0 Å². The lowest BCUT2D eigenvalue weighted by Gasteiger charge is -2.17. The number of benzene rings is 2. The third-order valence-electron chi connectivity index (χ3n) is 3.88. The van der Waals surface area contributed by atoms with Gasteiger partial charge in [0, 0.05) is 25.7 Å². The second-order valence-electron chi connectivity index (χ2n) is 5.61. The van der Waals surface area contributed by atoms with Crippen LogP contribution in [0.3, 0.4) is 0 Å².